The van der Waals surface area contributed by atoms with E-state index in [2.05, 4.69) is 20.3 Å². The largest absolute Gasteiger partial charge is 0.438 e. The van der Waals surface area contributed by atoms with Crippen LogP contribution >= 0.6 is 0 Å². The number of aromatic amines is 1. The van der Waals surface area contributed by atoms with Crippen molar-refractivity contribution in [2.24, 2.45) is 11.8 Å². The number of benzene rings is 1. The zero-order valence-electron chi connectivity index (χ0n) is 17.8. The number of rotatable bonds is 6. The Hall–Kier alpha value is -3.55. The summed E-state index contributed by atoms with van der Waals surface area (Å²) in [5, 5.41) is 2.83. The Balaban J connectivity index is 1.34. The molecule has 4 rings (SSSR count). The average molecular weight is 436 g/mol. The van der Waals surface area contributed by atoms with E-state index in [9.17, 15) is 14.0 Å². The molecule has 0 bridgehead atoms. The van der Waals surface area contributed by atoms with Crippen LogP contribution < -0.4 is 15.6 Å². The third-order valence-corrected chi connectivity index (χ3v) is 6.03. The number of anilines is 1. The van der Waals surface area contributed by atoms with Gasteiger partial charge in [-0.25, -0.2) is 14.4 Å². The number of nitrogens with one attached hydrogen (secondary N) is 2. The Morgan fingerprint density at radius 3 is 2.66 bits per heavy atom. The van der Waals surface area contributed by atoms with Crippen LogP contribution in [0.1, 0.15) is 44.1 Å². The van der Waals surface area contributed by atoms with E-state index in [0.717, 1.165) is 31.2 Å². The molecule has 1 aromatic carbocycles. The van der Waals surface area contributed by atoms with Crippen LogP contribution in [0.4, 0.5) is 10.2 Å². The number of carbonyl (C=O) groups is 1. The molecule has 3 atom stereocenters. The fourth-order valence-corrected chi connectivity index (χ4v) is 4.17. The third-order valence-electron chi connectivity index (χ3n) is 6.03. The number of halogens is 1. The molecule has 0 spiro atoms. The molecule has 0 radical (unpaired) electrons. The van der Waals surface area contributed by atoms with Crippen molar-refractivity contribution in [3.05, 3.63) is 76.7 Å². The number of carbonyl (C=O) groups excluding carboxylic acids is 1. The first-order valence-electron chi connectivity index (χ1n) is 10.7. The van der Waals surface area contributed by atoms with Gasteiger partial charge < -0.3 is 15.0 Å². The molecule has 1 saturated carbocycles. The number of hydrogen-bond acceptors (Lipinski definition) is 5. The van der Waals surface area contributed by atoms with Gasteiger partial charge >= 0.3 is 0 Å². The molecule has 0 aliphatic heterocycles. The van der Waals surface area contributed by atoms with Crippen LogP contribution in [0.2, 0.25) is 0 Å². The van der Waals surface area contributed by atoms with Crippen molar-refractivity contribution in [3.8, 4) is 11.6 Å². The number of aromatic nitrogens is 3. The third kappa shape index (κ3) is 5.38. The maximum Gasteiger partial charge on any atom is 0.247 e. The van der Waals surface area contributed by atoms with Crippen LogP contribution in [0.25, 0.3) is 0 Å². The van der Waals surface area contributed by atoms with Gasteiger partial charge in [0.2, 0.25) is 17.3 Å². The van der Waals surface area contributed by atoms with Gasteiger partial charge in [0, 0.05) is 18.2 Å². The lowest BCUT2D eigenvalue weighted by Gasteiger charge is -2.32. The standard InChI is InChI=1S/C24H25FN4O3/c1-15(16-3-2-4-17(11-16)18-5-10-22(30)27-12-18)24(31)29-21-13-28-23(14-26-21)32-20-8-6-19(25)7-9-20/h5-10,12-17H,2-4,11H2,1H3,(H,27,30)(H,26,29,31). The molecule has 32 heavy (non-hydrogen) atoms. The number of pyridine rings is 1. The molecular weight excluding hydrogens is 411 g/mol. The molecule has 2 heterocycles. The highest BCUT2D eigenvalue weighted by molar-refractivity contribution is 5.91. The maximum atomic E-state index is 13.0. The van der Waals surface area contributed by atoms with Crippen LogP contribution in [-0.2, 0) is 4.79 Å². The Morgan fingerprint density at radius 2 is 1.97 bits per heavy atom. The molecule has 2 N–H and O–H groups in total. The highest BCUT2D eigenvalue weighted by atomic mass is 19.1. The molecule has 1 aliphatic carbocycles. The quantitative estimate of drug-likeness (QED) is 0.587. The first-order chi connectivity index (χ1) is 15.5. The fraction of sp³-hybridized carbons (Fsp3) is 0.333. The van der Waals surface area contributed by atoms with Crippen molar-refractivity contribution in [1.82, 2.24) is 15.0 Å². The van der Waals surface area contributed by atoms with E-state index in [4.69, 9.17) is 4.74 Å². The number of H-pyrrole nitrogens is 1. The minimum Gasteiger partial charge on any atom is -0.438 e. The van der Waals surface area contributed by atoms with E-state index in [0.29, 0.717) is 17.5 Å². The van der Waals surface area contributed by atoms with E-state index in [1.807, 2.05) is 13.0 Å². The number of amides is 1. The van der Waals surface area contributed by atoms with E-state index in [1.165, 1.54) is 36.7 Å². The summed E-state index contributed by atoms with van der Waals surface area (Å²) in [5.74, 6) is 0.994. The fourth-order valence-electron chi connectivity index (χ4n) is 4.17. The van der Waals surface area contributed by atoms with Crippen molar-refractivity contribution in [1.29, 1.82) is 0 Å². The van der Waals surface area contributed by atoms with E-state index in [1.54, 1.807) is 12.3 Å². The monoisotopic (exact) mass is 436 g/mol. The van der Waals surface area contributed by atoms with Gasteiger partial charge in [-0.3, -0.25) is 9.59 Å². The summed E-state index contributed by atoms with van der Waals surface area (Å²) in [6.45, 7) is 1.94. The molecule has 2 aromatic heterocycles. The molecule has 3 unspecified atom stereocenters. The summed E-state index contributed by atoms with van der Waals surface area (Å²) >= 11 is 0. The van der Waals surface area contributed by atoms with Gasteiger partial charge in [0.25, 0.3) is 0 Å². The van der Waals surface area contributed by atoms with E-state index in [-0.39, 0.29) is 35.0 Å². The van der Waals surface area contributed by atoms with Crippen LogP contribution in [0.3, 0.4) is 0 Å². The first kappa shape index (κ1) is 21.7. The predicted octanol–water partition coefficient (Wildman–Crippen LogP) is 4.64. The lowest BCUT2D eigenvalue weighted by atomic mass is 9.73. The van der Waals surface area contributed by atoms with Gasteiger partial charge in [-0.15, -0.1) is 0 Å². The normalized spacial score (nSPS) is 19.2. The smallest absolute Gasteiger partial charge is 0.247 e. The van der Waals surface area contributed by atoms with Gasteiger partial charge in [-0.1, -0.05) is 19.4 Å². The molecule has 0 saturated heterocycles. The topological polar surface area (TPSA) is 97.0 Å². The van der Waals surface area contributed by atoms with E-state index < -0.39 is 0 Å². The Kier molecular flexibility index (Phi) is 6.58. The molecule has 1 fully saturated rings. The maximum absolute atomic E-state index is 13.0. The second-order valence-electron chi connectivity index (χ2n) is 8.18. The lowest BCUT2D eigenvalue weighted by molar-refractivity contribution is -0.121. The Morgan fingerprint density at radius 1 is 1.16 bits per heavy atom. The summed E-state index contributed by atoms with van der Waals surface area (Å²) in [4.78, 5) is 35.2. The Labute approximate surface area is 185 Å². The number of hydrogen-bond donors (Lipinski definition) is 2. The van der Waals surface area contributed by atoms with Crippen LogP contribution in [0.15, 0.2) is 59.8 Å². The van der Waals surface area contributed by atoms with Crippen molar-refractivity contribution in [2.45, 2.75) is 38.5 Å². The molecule has 8 heteroatoms. The van der Waals surface area contributed by atoms with Crippen LogP contribution in [-0.4, -0.2) is 20.9 Å². The van der Waals surface area contributed by atoms with Gasteiger partial charge in [0.15, 0.2) is 5.82 Å². The highest BCUT2D eigenvalue weighted by Gasteiger charge is 2.30. The summed E-state index contributed by atoms with van der Waals surface area (Å²) in [5.41, 5.74) is 1.01. The molecule has 3 aromatic rings. The minimum atomic E-state index is -0.349. The Bertz CT molecular complexity index is 1090. The first-order valence-corrected chi connectivity index (χ1v) is 10.7. The van der Waals surface area contributed by atoms with Gasteiger partial charge in [-0.2, -0.15) is 0 Å². The van der Waals surface area contributed by atoms with Crippen molar-refractivity contribution >= 4 is 11.7 Å². The van der Waals surface area contributed by atoms with Crippen molar-refractivity contribution < 1.29 is 13.9 Å². The van der Waals surface area contributed by atoms with Crippen LogP contribution in [0, 0.1) is 17.7 Å². The average Bonchev–Trinajstić information content (AvgIpc) is 2.82. The van der Waals surface area contributed by atoms with Gasteiger partial charge in [-0.05, 0) is 60.9 Å². The predicted molar refractivity (Wildman–Crippen MR) is 118 cm³/mol. The highest BCUT2D eigenvalue weighted by Crippen LogP contribution is 2.39. The van der Waals surface area contributed by atoms with Crippen molar-refractivity contribution in [3.63, 3.8) is 0 Å². The molecule has 166 valence electrons. The molecule has 7 nitrogen and oxygen atoms in total. The van der Waals surface area contributed by atoms with Crippen LogP contribution in [0.5, 0.6) is 11.6 Å². The van der Waals surface area contributed by atoms with E-state index >= 15 is 0 Å². The number of nitrogens with zero attached hydrogens (tertiary/aromatic N) is 2. The second kappa shape index (κ2) is 9.72. The summed E-state index contributed by atoms with van der Waals surface area (Å²) in [7, 11) is 0. The summed E-state index contributed by atoms with van der Waals surface area (Å²) in [6, 6.07) is 9.02. The zero-order chi connectivity index (χ0) is 22.5. The lowest BCUT2D eigenvalue weighted by Crippen LogP contribution is -2.30. The molecule has 1 amide bonds. The van der Waals surface area contributed by atoms with Crippen molar-refractivity contribution in [2.75, 3.05) is 5.32 Å². The van der Waals surface area contributed by atoms with Gasteiger partial charge in [0.05, 0.1) is 12.4 Å². The second-order valence-corrected chi connectivity index (χ2v) is 8.18. The zero-order valence-corrected chi connectivity index (χ0v) is 17.8. The van der Waals surface area contributed by atoms with Gasteiger partial charge in [0.1, 0.15) is 11.6 Å². The summed E-state index contributed by atoms with van der Waals surface area (Å²) in [6.07, 6.45) is 8.62. The SMILES string of the molecule is CC(C(=O)Nc1cnc(Oc2ccc(F)cc2)cn1)C1CCCC(c2ccc(=O)[nH]c2)C1. The minimum absolute atomic E-state index is 0.0985. The number of ether oxygens (including phenoxy) is 1. The molecule has 1 aliphatic rings. The molecular formula is C24H25FN4O3. The summed E-state index contributed by atoms with van der Waals surface area (Å²) < 4.78 is 18.5.